The Morgan fingerprint density at radius 2 is 2.28 bits per heavy atom. The van der Waals surface area contributed by atoms with Gasteiger partial charge in [0.2, 0.25) is 0 Å². The summed E-state index contributed by atoms with van der Waals surface area (Å²) in [7, 11) is 0. The fourth-order valence-electron chi connectivity index (χ4n) is 3.27. The molecule has 25 heavy (non-hydrogen) atoms. The summed E-state index contributed by atoms with van der Waals surface area (Å²) >= 11 is 3.34. The third kappa shape index (κ3) is 3.84. The van der Waals surface area contributed by atoms with Crippen molar-refractivity contribution in [1.29, 1.82) is 0 Å². The second-order valence-corrected chi connectivity index (χ2v) is 8.04. The summed E-state index contributed by atoms with van der Waals surface area (Å²) in [4.78, 5) is 15.9. The molecule has 1 aliphatic heterocycles. The zero-order valence-corrected chi connectivity index (χ0v) is 15.4. The summed E-state index contributed by atoms with van der Waals surface area (Å²) in [5.41, 5.74) is 1.99. The predicted molar refractivity (Wildman–Crippen MR) is 101 cm³/mol. The standard InChI is InChI=1S/C18H20N4OS2/c23-18(14-5-9-24-13-14)19-6-3-15-10-21(12-17-2-1-8-25-17)11-16-4-7-20-22(15)16/h1-2,4-5,7-9,13,15H,3,6,10-12H2,(H,19,23)/t15-/m0/s1. The molecule has 130 valence electrons. The number of thiophene rings is 2. The molecule has 0 saturated heterocycles. The van der Waals surface area contributed by atoms with Crippen molar-refractivity contribution in [2.24, 2.45) is 0 Å². The van der Waals surface area contributed by atoms with Crippen molar-refractivity contribution < 1.29 is 4.79 Å². The summed E-state index contributed by atoms with van der Waals surface area (Å²) < 4.78 is 2.13. The highest BCUT2D eigenvalue weighted by molar-refractivity contribution is 7.09. The van der Waals surface area contributed by atoms with Gasteiger partial charge in [-0.3, -0.25) is 14.4 Å². The van der Waals surface area contributed by atoms with Crippen LogP contribution in [0.1, 0.15) is 33.4 Å². The first-order valence-electron chi connectivity index (χ1n) is 8.37. The van der Waals surface area contributed by atoms with Crippen LogP contribution in [0.2, 0.25) is 0 Å². The third-order valence-corrected chi connectivity index (χ3v) is 6.00. The van der Waals surface area contributed by atoms with E-state index in [1.807, 2.05) is 23.0 Å². The Labute approximate surface area is 154 Å². The number of aromatic nitrogens is 2. The molecule has 4 rings (SSSR count). The lowest BCUT2D eigenvalue weighted by Crippen LogP contribution is -2.38. The molecule has 1 N–H and O–H groups in total. The van der Waals surface area contributed by atoms with E-state index in [1.165, 1.54) is 10.6 Å². The molecule has 1 atom stereocenters. The van der Waals surface area contributed by atoms with Gasteiger partial charge in [0.25, 0.3) is 5.91 Å². The fraction of sp³-hybridized carbons (Fsp3) is 0.333. The van der Waals surface area contributed by atoms with Gasteiger partial charge in [0.05, 0.1) is 11.7 Å². The number of hydrogen-bond acceptors (Lipinski definition) is 5. The van der Waals surface area contributed by atoms with Gasteiger partial charge in [0, 0.05) is 48.2 Å². The zero-order valence-electron chi connectivity index (χ0n) is 13.8. The summed E-state index contributed by atoms with van der Waals surface area (Å²) in [5.74, 6) is 0.00758. The molecule has 7 heteroatoms. The average Bonchev–Trinajstić information content (AvgIpc) is 3.36. The minimum absolute atomic E-state index is 0.00758. The van der Waals surface area contributed by atoms with Crippen LogP contribution in [0.5, 0.6) is 0 Å². The van der Waals surface area contributed by atoms with Crippen molar-refractivity contribution >= 4 is 28.6 Å². The smallest absolute Gasteiger partial charge is 0.252 e. The maximum Gasteiger partial charge on any atom is 0.252 e. The van der Waals surface area contributed by atoms with Gasteiger partial charge in [-0.25, -0.2) is 0 Å². The summed E-state index contributed by atoms with van der Waals surface area (Å²) in [5, 5.41) is 13.5. The molecule has 3 aromatic heterocycles. The highest BCUT2D eigenvalue weighted by atomic mass is 32.1. The van der Waals surface area contributed by atoms with Crippen LogP contribution in [0.15, 0.2) is 46.6 Å². The van der Waals surface area contributed by atoms with Gasteiger partial charge < -0.3 is 5.32 Å². The number of nitrogens with zero attached hydrogens (tertiary/aromatic N) is 3. The molecule has 0 aliphatic carbocycles. The minimum atomic E-state index is 0.00758. The van der Waals surface area contributed by atoms with E-state index in [0.717, 1.165) is 31.6 Å². The first-order valence-corrected chi connectivity index (χ1v) is 10.2. The number of hydrogen-bond donors (Lipinski definition) is 1. The number of amides is 1. The van der Waals surface area contributed by atoms with E-state index >= 15 is 0 Å². The highest BCUT2D eigenvalue weighted by Crippen LogP contribution is 2.25. The Kier molecular flexibility index (Phi) is 4.96. The molecule has 0 bridgehead atoms. The Bertz CT molecular complexity index is 810. The van der Waals surface area contributed by atoms with Crippen molar-refractivity contribution in [3.8, 4) is 0 Å². The lowest BCUT2D eigenvalue weighted by atomic mass is 10.1. The maximum atomic E-state index is 12.1. The predicted octanol–water partition coefficient (Wildman–Crippen LogP) is 3.38. The van der Waals surface area contributed by atoms with Crippen molar-refractivity contribution in [1.82, 2.24) is 20.0 Å². The molecule has 0 saturated carbocycles. The van der Waals surface area contributed by atoms with Crippen LogP contribution >= 0.6 is 22.7 Å². The van der Waals surface area contributed by atoms with E-state index in [2.05, 4.69) is 43.6 Å². The van der Waals surface area contributed by atoms with Crippen LogP contribution in [-0.4, -0.2) is 33.7 Å². The molecule has 1 amide bonds. The van der Waals surface area contributed by atoms with Gasteiger partial charge in [0.1, 0.15) is 0 Å². The van der Waals surface area contributed by atoms with E-state index < -0.39 is 0 Å². The van der Waals surface area contributed by atoms with Gasteiger partial charge in [-0.05, 0) is 35.4 Å². The molecule has 0 fully saturated rings. The first kappa shape index (κ1) is 16.5. The first-order chi connectivity index (χ1) is 12.3. The summed E-state index contributed by atoms with van der Waals surface area (Å²) in [6.45, 7) is 3.52. The topological polar surface area (TPSA) is 50.2 Å². The van der Waals surface area contributed by atoms with E-state index in [1.54, 1.807) is 22.7 Å². The minimum Gasteiger partial charge on any atom is -0.352 e. The molecule has 3 aromatic rings. The van der Waals surface area contributed by atoms with Crippen LogP contribution in [0.4, 0.5) is 0 Å². The molecular formula is C18H20N4OS2. The molecule has 0 radical (unpaired) electrons. The fourth-order valence-corrected chi connectivity index (χ4v) is 4.65. The molecule has 1 aliphatic rings. The molecular weight excluding hydrogens is 352 g/mol. The van der Waals surface area contributed by atoms with Crippen molar-refractivity contribution in [2.75, 3.05) is 13.1 Å². The third-order valence-electron chi connectivity index (χ3n) is 4.46. The van der Waals surface area contributed by atoms with Crippen molar-refractivity contribution in [3.05, 3.63) is 62.7 Å². The second-order valence-electron chi connectivity index (χ2n) is 6.23. The van der Waals surface area contributed by atoms with Crippen LogP contribution in [-0.2, 0) is 13.1 Å². The Morgan fingerprint density at radius 1 is 1.32 bits per heavy atom. The van der Waals surface area contributed by atoms with Gasteiger partial charge >= 0.3 is 0 Å². The van der Waals surface area contributed by atoms with Crippen LogP contribution in [0.3, 0.4) is 0 Å². The SMILES string of the molecule is O=C(NCC[C@H]1CN(Cc2cccs2)Cc2ccnn21)c1ccsc1. The monoisotopic (exact) mass is 372 g/mol. The van der Waals surface area contributed by atoms with Gasteiger partial charge in [-0.2, -0.15) is 16.4 Å². The van der Waals surface area contributed by atoms with Crippen molar-refractivity contribution in [3.63, 3.8) is 0 Å². The molecule has 5 nitrogen and oxygen atoms in total. The quantitative estimate of drug-likeness (QED) is 0.722. The lowest BCUT2D eigenvalue weighted by molar-refractivity contribution is 0.0947. The van der Waals surface area contributed by atoms with E-state index in [4.69, 9.17) is 0 Å². The number of rotatable bonds is 6. The summed E-state index contributed by atoms with van der Waals surface area (Å²) in [6, 6.07) is 8.53. The largest absolute Gasteiger partial charge is 0.352 e. The number of nitrogens with one attached hydrogen (secondary N) is 1. The summed E-state index contributed by atoms with van der Waals surface area (Å²) in [6.07, 6.45) is 2.76. The van der Waals surface area contributed by atoms with Gasteiger partial charge in [-0.15, -0.1) is 11.3 Å². The zero-order chi connectivity index (χ0) is 17.1. The molecule has 0 aromatic carbocycles. The Hall–Kier alpha value is -1.96. The Balaban J connectivity index is 1.37. The van der Waals surface area contributed by atoms with Gasteiger partial charge in [-0.1, -0.05) is 6.07 Å². The van der Waals surface area contributed by atoms with E-state index in [9.17, 15) is 4.79 Å². The number of carbonyl (C=O) groups excluding carboxylic acids is 1. The number of carbonyl (C=O) groups is 1. The van der Waals surface area contributed by atoms with Crippen LogP contribution < -0.4 is 5.32 Å². The Morgan fingerprint density at radius 3 is 3.08 bits per heavy atom. The highest BCUT2D eigenvalue weighted by Gasteiger charge is 2.25. The molecule has 4 heterocycles. The van der Waals surface area contributed by atoms with Gasteiger partial charge in [0.15, 0.2) is 0 Å². The lowest BCUT2D eigenvalue weighted by Gasteiger charge is -2.33. The number of fused-ring (bicyclic) bond motifs is 1. The van der Waals surface area contributed by atoms with E-state index in [-0.39, 0.29) is 5.91 Å². The normalized spacial score (nSPS) is 17.4. The van der Waals surface area contributed by atoms with Crippen LogP contribution in [0.25, 0.3) is 0 Å². The van der Waals surface area contributed by atoms with Crippen LogP contribution in [0, 0.1) is 0 Å². The molecule has 0 spiro atoms. The molecule has 0 unspecified atom stereocenters. The average molecular weight is 373 g/mol. The van der Waals surface area contributed by atoms with E-state index in [0.29, 0.717) is 12.6 Å². The maximum absolute atomic E-state index is 12.1. The second kappa shape index (κ2) is 7.51. The van der Waals surface area contributed by atoms with Crippen molar-refractivity contribution in [2.45, 2.75) is 25.6 Å².